The Morgan fingerprint density at radius 2 is 1.96 bits per heavy atom. The van der Waals surface area contributed by atoms with E-state index < -0.39 is 0 Å². The van der Waals surface area contributed by atoms with Crippen molar-refractivity contribution in [2.75, 3.05) is 5.32 Å². The van der Waals surface area contributed by atoms with Crippen molar-refractivity contribution in [3.05, 3.63) is 66.3 Å². The quantitative estimate of drug-likeness (QED) is 0.588. The van der Waals surface area contributed by atoms with Gasteiger partial charge in [-0.1, -0.05) is 24.3 Å². The molecule has 6 heteroatoms. The van der Waals surface area contributed by atoms with Gasteiger partial charge in [-0.2, -0.15) is 0 Å². The number of aromatic nitrogens is 3. The smallest absolute Gasteiger partial charge is 0.227 e. The van der Waals surface area contributed by atoms with E-state index in [-0.39, 0.29) is 5.91 Å². The van der Waals surface area contributed by atoms with E-state index in [0.717, 1.165) is 16.9 Å². The van der Waals surface area contributed by atoms with Gasteiger partial charge < -0.3 is 9.88 Å². The van der Waals surface area contributed by atoms with Gasteiger partial charge in [-0.15, -0.1) is 11.3 Å². The summed E-state index contributed by atoms with van der Waals surface area (Å²) in [6, 6.07) is 15.9. The second kappa shape index (κ2) is 6.86. The summed E-state index contributed by atoms with van der Waals surface area (Å²) in [6.45, 7) is 0.637. The summed E-state index contributed by atoms with van der Waals surface area (Å²) in [5, 5.41) is 6.55. The van der Waals surface area contributed by atoms with Crippen molar-refractivity contribution in [2.45, 2.75) is 13.0 Å². The molecule has 1 N–H and O–H groups in total. The van der Waals surface area contributed by atoms with Gasteiger partial charge in [-0.25, -0.2) is 4.98 Å². The number of amides is 1. The summed E-state index contributed by atoms with van der Waals surface area (Å²) < 4.78 is 2.09. The van der Waals surface area contributed by atoms with Crippen LogP contribution in [0.2, 0.25) is 0 Å². The fourth-order valence-electron chi connectivity index (χ4n) is 2.70. The van der Waals surface area contributed by atoms with Crippen LogP contribution < -0.4 is 5.32 Å². The van der Waals surface area contributed by atoms with Crippen LogP contribution in [0.4, 0.5) is 5.13 Å². The Bertz CT molecular complexity index is 1010. The summed E-state index contributed by atoms with van der Waals surface area (Å²) >= 11 is 1.41. The Kier molecular flexibility index (Phi) is 4.26. The third kappa shape index (κ3) is 3.44. The number of thiazole rings is 1. The van der Waals surface area contributed by atoms with E-state index in [2.05, 4.69) is 38.1 Å². The lowest BCUT2D eigenvalue weighted by molar-refractivity contribution is -0.116. The number of rotatable bonds is 5. The van der Waals surface area contributed by atoms with Crippen LogP contribution in [-0.4, -0.2) is 20.4 Å². The van der Waals surface area contributed by atoms with Crippen molar-refractivity contribution in [1.82, 2.24) is 14.5 Å². The molecule has 0 radical (unpaired) electrons. The molecule has 25 heavy (non-hydrogen) atoms. The molecule has 124 valence electrons. The van der Waals surface area contributed by atoms with Crippen LogP contribution in [0.15, 0.2) is 66.3 Å². The molecular weight excluding hydrogens is 332 g/mol. The number of benzene rings is 1. The number of nitrogens with zero attached hydrogens (tertiary/aromatic N) is 3. The Morgan fingerprint density at radius 3 is 2.84 bits per heavy atom. The van der Waals surface area contributed by atoms with E-state index in [9.17, 15) is 4.79 Å². The highest BCUT2D eigenvalue weighted by Crippen LogP contribution is 2.23. The molecule has 0 saturated heterocycles. The first-order valence-corrected chi connectivity index (χ1v) is 8.88. The number of aryl methyl sites for hydroxylation is 1. The standard InChI is InChI=1S/C19H16N4OS/c24-18(9-12-23-11-8-14-5-1-2-7-17(14)23)22-19-21-16(13-25-19)15-6-3-4-10-20-15/h1-8,10-11,13H,9,12H2,(H,21,22,24). The molecule has 4 rings (SSSR count). The van der Waals surface area contributed by atoms with Gasteiger partial charge in [0.05, 0.1) is 5.69 Å². The number of hydrogen-bond acceptors (Lipinski definition) is 4. The minimum absolute atomic E-state index is 0.0419. The second-order valence-electron chi connectivity index (χ2n) is 5.62. The molecule has 0 atom stereocenters. The van der Waals surface area contributed by atoms with Gasteiger partial charge in [-0.05, 0) is 29.7 Å². The topological polar surface area (TPSA) is 59.8 Å². The average Bonchev–Trinajstić information content (AvgIpc) is 3.28. The lowest BCUT2D eigenvalue weighted by Crippen LogP contribution is -2.14. The van der Waals surface area contributed by atoms with E-state index in [4.69, 9.17) is 0 Å². The molecule has 5 nitrogen and oxygen atoms in total. The van der Waals surface area contributed by atoms with Crippen LogP contribution in [0.5, 0.6) is 0 Å². The van der Waals surface area contributed by atoms with Crippen LogP contribution >= 0.6 is 11.3 Å². The monoisotopic (exact) mass is 348 g/mol. The van der Waals surface area contributed by atoms with E-state index in [0.29, 0.717) is 18.1 Å². The third-order valence-electron chi connectivity index (χ3n) is 3.94. The van der Waals surface area contributed by atoms with Gasteiger partial charge in [0.1, 0.15) is 5.69 Å². The van der Waals surface area contributed by atoms with Gasteiger partial charge in [0.2, 0.25) is 5.91 Å². The minimum Gasteiger partial charge on any atom is -0.347 e. The van der Waals surface area contributed by atoms with Crippen molar-refractivity contribution < 1.29 is 4.79 Å². The number of para-hydroxylation sites is 1. The molecule has 0 saturated carbocycles. The summed E-state index contributed by atoms with van der Waals surface area (Å²) in [6.07, 6.45) is 4.14. The molecule has 3 aromatic heterocycles. The number of anilines is 1. The highest BCUT2D eigenvalue weighted by atomic mass is 32.1. The van der Waals surface area contributed by atoms with Crippen molar-refractivity contribution in [1.29, 1.82) is 0 Å². The summed E-state index contributed by atoms with van der Waals surface area (Å²) in [5.74, 6) is -0.0419. The number of hydrogen-bond donors (Lipinski definition) is 1. The number of nitrogens with one attached hydrogen (secondary N) is 1. The fourth-order valence-corrected chi connectivity index (χ4v) is 3.42. The van der Waals surface area contributed by atoms with Crippen molar-refractivity contribution in [3.8, 4) is 11.4 Å². The molecule has 0 aliphatic carbocycles. The van der Waals surface area contributed by atoms with Gasteiger partial charge in [0, 0.05) is 36.3 Å². The third-order valence-corrected chi connectivity index (χ3v) is 4.70. The maximum Gasteiger partial charge on any atom is 0.227 e. The first kappa shape index (κ1) is 15.5. The van der Waals surface area contributed by atoms with Gasteiger partial charge in [-0.3, -0.25) is 9.78 Å². The Labute approximate surface area is 149 Å². The zero-order valence-electron chi connectivity index (χ0n) is 13.4. The maximum absolute atomic E-state index is 12.2. The minimum atomic E-state index is -0.0419. The molecule has 3 heterocycles. The average molecular weight is 348 g/mol. The predicted molar refractivity (Wildman–Crippen MR) is 101 cm³/mol. The van der Waals surface area contributed by atoms with E-state index >= 15 is 0 Å². The van der Waals surface area contributed by atoms with E-state index in [1.165, 1.54) is 16.7 Å². The molecule has 0 aliphatic heterocycles. The SMILES string of the molecule is O=C(CCn1ccc2ccccc21)Nc1nc(-c2ccccn2)cs1. The molecule has 0 bridgehead atoms. The highest BCUT2D eigenvalue weighted by Gasteiger charge is 2.09. The number of carbonyl (C=O) groups excluding carboxylic acids is 1. The lowest BCUT2D eigenvalue weighted by atomic mass is 10.2. The van der Waals surface area contributed by atoms with Gasteiger partial charge >= 0.3 is 0 Å². The van der Waals surface area contributed by atoms with Gasteiger partial charge in [0.15, 0.2) is 5.13 Å². The fraction of sp³-hybridized carbons (Fsp3) is 0.105. The Morgan fingerprint density at radius 1 is 1.08 bits per heavy atom. The summed E-state index contributed by atoms with van der Waals surface area (Å²) in [5.41, 5.74) is 2.72. The first-order chi connectivity index (χ1) is 12.3. The summed E-state index contributed by atoms with van der Waals surface area (Å²) in [4.78, 5) is 20.9. The predicted octanol–water partition coefficient (Wildman–Crippen LogP) is 4.19. The van der Waals surface area contributed by atoms with Crippen molar-refractivity contribution >= 4 is 33.3 Å². The highest BCUT2D eigenvalue weighted by molar-refractivity contribution is 7.14. The number of carbonyl (C=O) groups is 1. The Hall–Kier alpha value is -2.99. The largest absolute Gasteiger partial charge is 0.347 e. The molecule has 0 aliphatic rings. The maximum atomic E-state index is 12.2. The Balaban J connectivity index is 1.39. The molecule has 4 aromatic rings. The molecule has 0 fully saturated rings. The normalized spacial score (nSPS) is 10.9. The van der Waals surface area contributed by atoms with E-state index in [1.54, 1.807) is 6.20 Å². The van der Waals surface area contributed by atoms with Crippen molar-refractivity contribution in [3.63, 3.8) is 0 Å². The zero-order valence-corrected chi connectivity index (χ0v) is 14.2. The second-order valence-corrected chi connectivity index (χ2v) is 6.48. The molecule has 0 spiro atoms. The van der Waals surface area contributed by atoms with E-state index in [1.807, 2.05) is 41.9 Å². The van der Waals surface area contributed by atoms with Crippen LogP contribution in [0, 0.1) is 0 Å². The number of fused-ring (bicyclic) bond motifs is 1. The molecule has 0 unspecified atom stereocenters. The molecule has 1 amide bonds. The van der Waals surface area contributed by atoms with Crippen LogP contribution in [0.3, 0.4) is 0 Å². The first-order valence-electron chi connectivity index (χ1n) is 8.00. The molecule has 1 aromatic carbocycles. The van der Waals surface area contributed by atoms with Crippen molar-refractivity contribution in [2.24, 2.45) is 0 Å². The van der Waals surface area contributed by atoms with Crippen LogP contribution in [-0.2, 0) is 11.3 Å². The van der Waals surface area contributed by atoms with Crippen LogP contribution in [0.1, 0.15) is 6.42 Å². The molecular formula is C19H16N4OS. The van der Waals surface area contributed by atoms with Crippen LogP contribution in [0.25, 0.3) is 22.3 Å². The lowest BCUT2D eigenvalue weighted by Gasteiger charge is -2.05. The zero-order chi connectivity index (χ0) is 17.1. The summed E-state index contributed by atoms with van der Waals surface area (Å²) in [7, 11) is 0. The number of pyridine rings is 1. The van der Waals surface area contributed by atoms with Gasteiger partial charge in [0.25, 0.3) is 0 Å².